The molecule has 0 fully saturated rings. The van der Waals surface area contributed by atoms with Gasteiger partial charge in [0.15, 0.2) is 5.65 Å². The van der Waals surface area contributed by atoms with Crippen molar-refractivity contribution in [1.82, 2.24) is 14.8 Å². The smallest absolute Gasteiger partial charge is 0.165 e. The molecular formula is C28H23BrN4. The van der Waals surface area contributed by atoms with Gasteiger partial charge in [0.2, 0.25) is 0 Å². The first-order valence-electron chi connectivity index (χ1n) is 11.2. The Bertz CT molecular complexity index is 1490. The molecule has 6 rings (SSSR count). The predicted molar refractivity (Wildman–Crippen MR) is 139 cm³/mol. The fourth-order valence-corrected chi connectivity index (χ4v) is 5.14. The summed E-state index contributed by atoms with van der Waals surface area (Å²) < 4.78 is 3.05. The molecule has 162 valence electrons. The lowest BCUT2D eigenvalue weighted by molar-refractivity contribution is 0.896. The number of benzene rings is 3. The van der Waals surface area contributed by atoms with Crippen LogP contribution in [0.25, 0.3) is 28.0 Å². The van der Waals surface area contributed by atoms with Crippen LogP contribution in [-0.2, 0) is 6.42 Å². The van der Waals surface area contributed by atoms with Crippen LogP contribution in [0.3, 0.4) is 0 Å². The van der Waals surface area contributed by atoms with Crippen molar-refractivity contribution >= 4 is 38.3 Å². The predicted octanol–water partition coefficient (Wildman–Crippen LogP) is 7.16. The zero-order valence-electron chi connectivity index (χ0n) is 18.6. The average Bonchev–Trinajstić information content (AvgIpc) is 3.43. The highest BCUT2D eigenvalue weighted by molar-refractivity contribution is 9.10. The summed E-state index contributed by atoms with van der Waals surface area (Å²) in [6.07, 6.45) is 0.981. The Kier molecular flexibility index (Phi) is 4.80. The summed E-state index contributed by atoms with van der Waals surface area (Å²) in [7, 11) is 0. The molecule has 0 spiro atoms. The molecule has 0 saturated carbocycles. The molecule has 1 aliphatic rings. The average molecular weight is 495 g/mol. The number of aryl methyl sites for hydroxylation is 2. The van der Waals surface area contributed by atoms with Crippen molar-refractivity contribution in [2.24, 2.45) is 0 Å². The third kappa shape index (κ3) is 3.26. The number of pyridine rings is 1. The molecule has 0 aliphatic carbocycles. The fraction of sp³-hybridized carbons (Fsp3) is 0.143. The molecule has 2 aromatic heterocycles. The SMILES string of the molecule is Cc1ccccc1N1CCc2c(C)nc3c(c(-c4ccc(Br)cc4)nn3-c3ccccc3)c21. The first-order valence-corrected chi connectivity index (χ1v) is 12.0. The van der Waals surface area contributed by atoms with Gasteiger partial charge in [0.05, 0.1) is 16.8 Å². The Labute approximate surface area is 201 Å². The van der Waals surface area contributed by atoms with Crippen LogP contribution in [0.4, 0.5) is 11.4 Å². The van der Waals surface area contributed by atoms with Gasteiger partial charge in [-0.15, -0.1) is 0 Å². The molecule has 3 aromatic carbocycles. The molecule has 0 radical (unpaired) electrons. The van der Waals surface area contributed by atoms with Crippen LogP contribution in [0.1, 0.15) is 16.8 Å². The lowest BCUT2D eigenvalue weighted by Gasteiger charge is -2.23. The normalized spacial score (nSPS) is 13.0. The molecule has 0 amide bonds. The van der Waals surface area contributed by atoms with Gasteiger partial charge >= 0.3 is 0 Å². The maximum absolute atomic E-state index is 5.14. The number of hydrogen-bond acceptors (Lipinski definition) is 3. The summed E-state index contributed by atoms with van der Waals surface area (Å²) >= 11 is 3.57. The Hall–Kier alpha value is -3.44. The summed E-state index contributed by atoms with van der Waals surface area (Å²) in [5.41, 5.74) is 10.1. The summed E-state index contributed by atoms with van der Waals surface area (Å²) in [5.74, 6) is 0. The molecule has 33 heavy (non-hydrogen) atoms. The van der Waals surface area contributed by atoms with Gasteiger partial charge in [-0.3, -0.25) is 0 Å². The molecule has 5 heteroatoms. The summed E-state index contributed by atoms with van der Waals surface area (Å²) in [6.45, 7) is 5.25. The number of nitrogens with zero attached hydrogens (tertiary/aromatic N) is 4. The van der Waals surface area contributed by atoms with E-state index < -0.39 is 0 Å². The van der Waals surface area contributed by atoms with Crippen LogP contribution >= 0.6 is 15.9 Å². The van der Waals surface area contributed by atoms with Crippen LogP contribution in [0.15, 0.2) is 83.3 Å². The highest BCUT2D eigenvalue weighted by Crippen LogP contribution is 2.45. The van der Waals surface area contributed by atoms with Crippen molar-refractivity contribution < 1.29 is 0 Å². The van der Waals surface area contributed by atoms with E-state index in [0.29, 0.717) is 0 Å². The summed E-state index contributed by atoms with van der Waals surface area (Å²) in [6, 6.07) is 27.3. The number of rotatable bonds is 3. The number of para-hydroxylation sites is 2. The van der Waals surface area contributed by atoms with Gasteiger partial charge in [0.25, 0.3) is 0 Å². The standard InChI is InChI=1S/C28H23BrN4/c1-18-8-6-7-11-24(18)32-17-16-23-19(2)30-28-25(27(23)32)26(20-12-14-21(29)15-13-20)31-33(28)22-9-4-3-5-10-22/h3-15H,16-17H2,1-2H3. The van der Waals surface area contributed by atoms with E-state index in [2.05, 4.69) is 95.3 Å². The Morgan fingerprint density at radius 1 is 0.848 bits per heavy atom. The molecule has 3 heterocycles. The minimum atomic E-state index is 0.899. The van der Waals surface area contributed by atoms with Gasteiger partial charge in [-0.1, -0.05) is 64.5 Å². The van der Waals surface area contributed by atoms with Crippen molar-refractivity contribution in [1.29, 1.82) is 0 Å². The molecule has 0 atom stereocenters. The van der Waals surface area contributed by atoms with Crippen molar-refractivity contribution in [2.75, 3.05) is 11.4 Å². The topological polar surface area (TPSA) is 34.0 Å². The van der Waals surface area contributed by atoms with Crippen molar-refractivity contribution in [2.45, 2.75) is 20.3 Å². The number of hydrogen-bond donors (Lipinski definition) is 0. The quantitative estimate of drug-likeness (QED) is 0.266. The third-order valence-electron chi connectivity index (χ3n) is 6.47. The first kappa shape index (κ1) is 20.2. The number of fused-ring (bicyclic) bond motifs is 3. The van der Waals surface area contributed by atoms with Gasteiger partial charge in [-0.05, 0) is 61.7 Å². The second kappa shape index (κ2) is 7.85. The minimum absolute atomic E-state index is 0.899. The van der Waals surface area contributed by atoms with Crippen LogP contribution in [0, 0.1) is 13.8 Å². The molecule has 0 N–H and O–H groups in total. The zero-order valence-corrected chi connectivity index (χ0v) is 20.2. The second-order valence-corrected chi connectivity index (χ2v) is 9.43. The molecule has 0 saturated heterocycles. The largest absolute Gasteiger partial charge is 0.340 e. The lowest BCUT2D eigenvalue weighted by Crippen LogP contribution is -2.14. The third-order valence-corrected chi connectivity index (χ3v) is 7.00. The van der Waals surface area contributed by atoms with Crippen molar-refractivity contribution in [3.63, 3.8) is 0 Å². The first-order chi connectivity index (χ1) is 16.1. The van der Waals surface area contributed by atoms with Gasteiger partial charge in [-0.2, -0.15) is 5.10 Å². The van der Waals surface area contributed by atoms with Gasteiger partial charge in [-0.25, -0.2) is 9.67 Å². The van der Waals surface area contributed by atoms with Crippen LogP contribution in [-0.4, -0.2) is 21.3 Å². The Morgan fingerprint density at radius 3 is 2.33 bits per heavy atom. The van der Waals surface area contributed by atoms with E-state index in [1.807, 2.05) is 22.9 Å². The van der Waals surface area contributed by atoms with E-state index in [9.17, 15) is 0 Å². The van der Waals surface area contributed by atoms with Crippen LogP contribution < -0.4 is 4.90 Å². The molecular weight excluding hydrogens is 472 g/mol. The van der Waals surface area contributed by atoms with Crippen LogP contribution in [0.5, 0.6) is 0 Å². The number of anilines is 2. The van der Waals surface area contributed by atoms with E-state index >= 15 is 0 Å². The molecule has 5 aromatic rings. The van der Waals surface area contributed by atoms with Gasteiger partial charge in [0.1, 0.15) is 5.69 Å². The molecule has 1 aliphatic heterocycles. The van der Waals surface area contributed by atoms with Gasteiger partial charge < -0.3 is 4.90 Å². The highest BCUT2D eigenvalue weighted by atomic mass is 79.9. The molecule has 4 nitrogen and oxygen atoms in total. The Morgan fingerprint density at radius 2 is 1.58 bits per heavy atom. The van der Waals surface area contributed by atoms with Crippen LogP contribution in [0.2, 0.25) is 0 Å². The monoisotopic (exact) mass is 494 g/mol. The van der Waals surface area contributed by atoms with Crippen molar-refractivity contribution in [3.05, 3.63) is 100 Å². The maximum Gasteiger partial charge on any atom is 0.165 e. The molecule has 0 bridgehead atoms. The van der Waals surface area contributed by atoms with E-state index in [-0.39, 0.29) is 0 Å². The molecule has 0 unspecified atom stereocenters. The number of halogens is 1. The summed E-state index contributed by atoms with van der Waals surface area (Å²) in [5, 5.41) is 6.25. The van der Waals surface area contributed by atoms with E-state index in [1.165, 1.54) is 22.5 Å². The van der Waals surface area contributed by atoms with E-state index in [4.69, 9.17) is 10.1 Å². The minimum Gasteiger partial charge on any atom is -0.340 e. The lowest BCUT2D eigenvalue weighted by atomic mass is 10.0. The number of aromatic nitrogens is 3. The second-order valence-electron chi connectivity index (χ2n) is 8.51. The Balaban J connectivity index is 1.71. The zero-order chi connectivity index (χ0) is 22.5. The maximum atomic E-state index is 5.14. The highest BCUT2D eigenvalue weighted by Gasteiger charge is 2.30. The summed E-state index contributed by atoms with van der Waals surface area (Å²) in [4.78, 5) is 7.56. The van der Waals surface area contributed by atoms with Gasteiger partial charge in [0, 0.05) is 28.0 Å². The van der Waals surface area contributed by atoms with Crippen molar-refractivity contribution in [3.8, 4) is 16.9 Å². The van der Waals surface area contributed by atoms with E-state index in [1.54, 1.807) is 0 Å². The fourth-order valence-electron chi connectivity index (χ4n) is 4.88. The van der Waals surface area contributed by atoms with E-state index in [0.717, 1.165) is 51.1 Å².